The van der Waals surface area contributed by atoms with Crippen LogP contribution >= 0.6 is 0 Å². The molecule has 0 saturated carbocycles. The molecule has 3 aliphatic carbocycles. The second-order valence-electron chi connectivity index (χ2n) is 9.28. The minimum atomic E-state index is -0.351. The van der Waals surface area contributed by atoms with E-state index in [1.807, 2.05) is 54.6 Å². The van der Waals surface area contributed by atoms with E-state index in [-0.39, 0.29) is 35.5 Å². The summed E-state index contributed by atoms with van der Waals surface area (Å²) in [6.07, 6.45) is 0. The van der Waals surface area contributed by atoms with Crippen LogP contribution in [0.5, 0.6) is 0 Å². The minimum absolute atomic E-state index is 0.0620. The Morgan fingerprint density at radius 1 is 0.625 bits per heavy atom. The van der Waals surface area contributed by atoms with E-state index < -0.39 is 0 Å². The second kappa shape index (κ2) is 6.17. The summed E-state index contributed by atoms with van der Waals surface area (Å²) < 4.78 is 0. The Morgan fingerprint density at radius 2 is 1.22 bits per heavy atom. The van der Waals surface area contributed by atoms with Crippen molar-refractivity contribution in [2.75, 3.05) is 4.90 Å². The fraction of sp³-hybridized carbons (Fsp3) is 0.172. The lowest BCUT2D eigenvalue weighted by Gasteiger charge is -2.46. The molecule has 4 aliphatic rings. The van der Waals surface area contributed by atoms with E-state index in [2.05, 4.69) is 37.3 Å². The van der Waals surface area contributed by atoms with Crippen molar-refractivity contribution in [3.63, 3.8) is 0 Å². The van der Waals surface area contributed by atoms with Gasteiger partial charge in [0.2, 0.25) is 11.8 Å². The van der Waals surface area contributed by atoms with Crippen molar-refractivity contribution in [2.24, 2.45) is 11.8 Å². The molecule has 0 radical (unpaired) electrons. The van der Waals surface area contributed by atoms with Crippen molar-refractivity contribution < 1.29 is 9.59 Å². The minimum Gasteiger partial charge on any atom is -0.274 e. The highest BCUT2D eigenvalue weighted by Gasteiger charge is 2.61. The molecule has 4 atom stereocenters. The number of rotatable bonds is 1. The summed E-state index contributed by atoms with van der Waals surface area (Å²) in [6.45, 7) is 2.09. The largest absolute Gasteiger partial charge is 0.274 e. The smallest absolute Gasteiger partial charge is 0.238 e. The van der Waals surface area contributed by atoms with Gasteiger partial charge in [-0.3, -0.25) is 9.59 Å². The average molecular weight is 415 g/mol. The molecule has 2 bridgehead atoms. The first kappa shape index (κ1) is 17.9. The van der Waals surface area contributed by atoms with E-state index >= 15 is 0 Å². The van der Waals surface area contributed by atoms with Crippen LogP contribution in [0.1, 0.15) is 39.7 Å². The van der Waals surface area contributed by atoms with Gasteiger partial charge < -0.3 is 0 Å². The molecule has 1 heterocycles. The summed E-state index contributed by atoms with van der Waals surface area (Å²) in [4.78, 5) is 29.5. The molecule has 32 heavy (non-hydrogen) atoms. The van der Waals surface area contributed by atoms with Gasteiger partial charge in [0.05, 0.1) is 17.5 Å². The Hall–Kier alpha value is -3.72. The third-order valence-electron chi connectivity index (χ3n) is 7.70. The van der Waals surface area contributed by atoms with E-state index in [4.69, 9.17) is 0 Å². The SMILES string of the molecule is Cc1ccc2c(c1)[C@@H]1c3ccccc3[C@@H]2[C@@H]2C(=O)N(c3cccc4ccccc34)C(=O)[C@H]12. The maximum absolute atomic E-state index is 14.0. The maximum Gasteiger partial charge on any atom is 0.238 e. The summed E-state index contributed by atoms with van der Waals surface area (Å²) in [6, 6.07) is 28.7. The maximum atomic E-state index is 14.0. The Morgan fingerprint density at radius 3 is 1.97 bits per heavy atom. The van der Waals surface area contributed by atoms with Crippen LogP contribution in [0.25, 0.3) is 10.8 Å². The van der Waals surface area contributed by atoms with Gasteiger partial charge >= 0.3 is 0 Å². The Balaban J connectivity index is 1.47. The first-order chi connectivity index (χ1) is 15.6. The summed E-state index contributed by atoms with van der Waals surface area (Å²) in [5.41, 5.74) is 6.73. The predicted molar refractivity (Wildman–Crippen MR) is 125 cm³/mol. The first-order valence-electron chi connectivity index (χ1n) is 11.2. The van der Waals surface area contributed by atoms with Crippen molar-refractivity contribution in [3.8, 4) is 0 Å². The Labute approximate surface area is 186 Å². The van der Waals surface area contributed by atoms with E-state index in [9.17, 15) is 9.59 Å². The zero-order valence-electron chi connectivity index (χ0n) is 17.7. The lowest BCUT2D eigenvalue weighted by Crippen LogP contribution is -2.41. The molecular weight excluding hydrogens is 394 g/mol. The number of hydrogen-bond donors (Lipinski definition) is 0. The lowest BCUT2D eigenvalue weighted by molar-refractivity contribution is -0.122. The summed E-state index contributed by atoms with van der Waals surface area (Å²) in [5, 5.41) is 1.97. The van der Waals surface area contributed by atoms with E-state index in [1.165, 1.54) is 32.7 Å². The highest BCUT2D eigenvalue weighted by molar-refractivity contribution is 6.26. The van der Waals surface area contributed by atoms with E-state index in [0.717, 1.165) is 10.8 Å². The molecule has 0 unspecified atom stereocenters. The molecule has 1 saturated heterocycles. The van der Waals surface area contributed by atoms with Gasteiger partial charge in [-0.15, -0.1) is 0 Å². The van der Waals surface area contributed by atoms with Gasteiger partial charge in [0, 0.05) is 17.2 Å². The summed E-state index contributed by atoms with van der Waals surface area (Å²) in [5.74, 6) is -0.979. The number of imide groups is 1. The molecule has 1 fully saturated rings. The fourth-order valence-electron chi connectivity index (χ4n) is 6.49. The van der Waals surface area contributed by atoms with Gasteiger partial charge in [0.25, 0.3) is 0 Å². The number of carbonyl (C=O) groups is 2. The molecule has 4 aromatic carbocycles. The molecule has 0 aromatic heterocycles. The number of nitrogens with zero attached hydrogens (tertiary/aromatic N) is 1. The molecule has 2 amide bonds. The number of hydrogen-bond acceptors (Lipinski definition) is 2. The van der Waals surface area contributed by atoms with Gasteiger partial charge in [-0.1, -0.05) is 84.4 Å². The number of fused-ring (bicyclic) bond motifs is 1. The molecule has 0 N–H and O–H groups in total. The first-order valence-corrected chi connectivity index (χ1v) is 11.2. The normalized spacial score (nSPS) is 25.1. The average Bonchev–Trinajstić information content (AvgIpc) is 3.09. The van der Waals surface area contributed by atoms with Gasteiger partial charge in [0.1, 0.15) is 0 Å². The molecule has 154 valence electrons. The highest BCUT2D eigenvalue weighted by atomic mass is 16.2. The van der Waals surface area contributed by atoms with Crippen LogP contribution in [-0.2, 0) is 9.59 Å². The molecule has 1 aliphatic heterocycles. The Kier molecular flexibility index (Phi) is 3.45. The van der Waals surface area contributed by atoms with Crippen LogP contribution in [-0.4, -0.2) is 11.8 Å². The van der Waals surface area contributed by atoms with Gasteiger partial charge in [0.15, 0.2) is 0 Å². The standard InChI is InChI=1S/C29H21NO2/c1-16-13-14-21-22(15-16)25-20-11-5-4-10-19(20)24(21)26-27(25)29(32)30(28(26)31)23-12-6-8-17-7-2-3-9-18(17)23/h2-15,24-27H,1H3/t24-,25-,26-,27+/m0/s1. The van der Waals surface area contributed by atoms with Crippen LogP contribution < -0.4 is 4.90 Å². The van der Waals surface area contributed by atoms with Crippen LogP contribution in [0, 0.1) is 18.8 Å². The zero-order valence-corrected chi connectivity index (χ0v) is 17.7. The topological polar surface area (TPSA) is 37.4 Å². The van der Waals surface area contributed by atoms with Crippen molar-refractivity contribution >= 4 is 28.3 Å². The van der Waals surface area contributed by atoms with Crippen LogP contribution in [0.4, 0.5) is 5.69 Å². The number of anilines is 1. The highest BCUT2D eigenvalue weighted by Crippen LogP contribution is 2.61. The van der Waals surface area contributed by atoms with Crippen molar-refractivity contribution in [3.05, 3.63) is 113 Å². The third kappa shape index (κ3) is 2.11. The molecule has 8 rings (SSSR count). The summed E-state index contributed by atoms with van der Waals surface area (Å²) >= 11 is 0. The zero-order chi connectivity index (χ0) is 21.6. The van der Waals surface area contributed by atoms with Gasteiger partial charge in [-0.25, -0.2) is 4.90 Å². The van der Waals surface area contributed by atoms with Crippen LogP contribution in [0.2, 0.25) is 0 Å². The van der Waals surface area contributed by atoms with E-state index in [0.29, 0.717) is 5.69 Å². The molecule has 3 heteroatoms. The van der Waals surface area contributed by atoms with Crippen molar-refractivity contribution in [2.45, 2.75) is 18.8 Å². The second-order valence-corrected chi connectivity index (χ2v) is 9.28. The lowest BCUT2D eigenvalue weighted by atomic mass is 9.55. The fourth-order valence-corrected chi connectivity index (χ4v) is 6.49. The molecule has 4 aromatic rings. The van der Waals surface area contributed by atoms with Gasteiger partial charge in [-0.05, 0) is 40.6 Å². The number of aryl methyl sites for hydroxylation is 1. The Bertz CT molecular complexity index is 1460. The molecule has 0 spiro atoms. The number of benzene rings is 4. The number of amides is 2. The van der Waals surface area contributed by atoms with Gasteiger partial charge in [-0.2, -0.15) is 0 Å². The summed E-state index contributed by atoms with van der Waals surface area (Å²) in [7, 11) is 0. The van der Waals surface area contributed by atoms with Crippen LogP contribution in [0.15, 0.2) is 84.9 Å². The predicted octanol–water partition coefficient (Wildman–Crippen LogP) is 5.54. The quantitative estimate of drug-likeness (QED) is 0.383. The molecular formula is C29H21NO2. The molecule has 3 nitrogen and oxygen atoms in total. The van der Waals surface area contributed by atoms with Crippen molar-refractivity contribution in [1.29, 1.82) is 0 Å². The van der Waals surface area contributed by atoms with E-state index in [1.54, 1.807) is 0 Å². The monoisotopic (exact) mass is 415 g/mol. The van der Waals surface area contributed by atoms with Crippen molar-refractivity contribution in [1.82, 2.24) is 0 Å². The third-order valence-corrected chi connectivity index (χ3v) is 7.70. The number of carbonyl (C=O) groups excluding carboxylic acids is 2. The van der Waals surface area contributed by atoms with Crippen LogP contribution in [0.3, 0.4) is 0 Å².